The molecule has 0 saturated carbocycles. The Hall–Kier alpha value is -2.24. The van der Waals surface area contributed by atoms with Gasteiger partial charge in [-0.15, -0.1) is 0 Å². The monoisotopic (exact) mass is 235 g/mol. The molecule has 0 aliphatic carbocycles. The smallest absolute Gasteiger partial charge is 0.374 e. The lowest BCUT2D eigenvalue weighted by Crippen LogP contribution is -2.03. The molecule has 0 spiro atoms. The molecule has 0 aliphatic rings. The van der Waals surface area contributed by atoms with E-state index >= 15 is 0 Å². The summed E-state index contributed by atoms with van der Waals surface area (Å²) in [6.45, 7) is 2.50. The van der Waals surface area contributed by atoms with Gasteiger partial charge in [0.15, 0.2) is 0 Å². The zero-order chi connectivity index (χ0) is 12.3. The maximum absolute atomic E-state index is 11.4. The molecular formula is C11H13N3O3. The van der Waals surface area contributed by atoms with E-state index < -0.39 is 5.97 Å². The van der Waals surface area contributed by atoms with E-state index in [2.05, 4.69) is 5.10 Å². The van der Waals surface area contributed by atoms with Gasteiger partial charge in [-0.2, -0.15) is 5.10 Å². The molecule has 6 nitrogen and oxygen atoms in total. The number of anilines is 1. The molecule has 0 fully saturated rings. The molecule has 90 valence electrons. The number of carbonyl (C=O) groups excluding carboxylic acids is 1. The van der Waals surface area contributed by atoms with E-state index in [9.17, 15) is 4.79 Å². The van der Waals surface area contributed by atoms with Crippen LogP contribution in [-0.2, 0) is 11.3 Å². The number of nitrogen functional groups attached to an aromatic ring is 1. The fourth-order valence-corrected chi connectivity index (χ4v) is 1.40. The second-order valence-corrected chi connectivity index (χ2v) is 3.46. The number of hydrogen-bond acceptors (Lipinski definition) is 5. The first-order valence-electron chi connectivity index (χ1n) is 5.23. The molecule has 0 atom stereocenters. The summed E-state index contributed by atoms with van der Waals surface area (Å²) < 4.78 is 11.8. The van der Waals surface area contributed by atoms with Crippen molar-refractivity contribution in [2.24, 2.45) is 0 Å². The normalized spacial score (nSPS) is 10.4. The van der Waals surface area contributed by atoms with Crippen LogP contribution < -0.4 is 5.73 Å². The molecule has 6 heteroatoms. The zero-order valence-electron chi connectivity index (χ0n) is 9.42. The summed E-state index contributed by atoms with van der Waals surface area (Å²) in [6, 6.07) is 3.30. The number of nitrogens with two attached hydrogens (primary N) is 1. The highest BCUT2D eigenvalue weighted by atomic mass is 16.5. The zero-order valence-corrected chi connectivity index (χ0v) is 9.42. The van der Waals surface area contributed by atoms with Gasteiger partial charge in [0.05, 0.1) is 25.0 Å². The quantitative estimate of drug-likeness (QED) is 0.807. The molecular weight excluding hydrogens is 222 g/mol. The lowest BCUT2D eigenvalue weighted by Gasteiger charge is -1.98. The highest BCUT2D eigenvalue weighted by molar-refractivity contribution is 5.86. The van der Waals surface area contributed by atoms with Gasteiger partial charge < -0.3 is 14.9 Å². The van der Waals surface area contributed by atoms with Crippen LogP contribution in [0, 0.1) is 0 Å². The SMILES string of the molecule is CCOC(=O)c1ccc(Cn2cc(N)cn2)o1. The highest BCUT2D eigenvalue weighted by Gasteiger charge is 2.12. The predicted octanol–water partition coefficient (Wildman–Crippen LogP) is 1.28. The van der Waals surface area contributed by atoms with Gasteiger partial charge in [0.1, 0.15) is 5.76 Å². The number of ether oxygens (including phenoxy) is 1. The van der Waals surface area contributed by atoms with Crippen molar-refractivity contribution in [3.63, 3.8) is 0 Å². The van der Waals surface area contributed by atoms with Crippen LogP contribution in [-0.4, -0.2) is 22.4 Å². The van der Waals surface area contributed by atoms with Crippen LogP contribution in [0.2, 0.25) is 0 Å². The first-order valence-corrected chi connectivity index (χ1v) is 5.23. The largest absolute Gasteiger partial charge is 0.460 e. The standard InChI is InChI=1S/C11H13N3O3/c1-2-16-11(15)10-4-3-9(17-10)7-14-6-8(12)5-13-14/h3-6H,2,7,12H2,1H3. The second-order valence-electron chi connectivity index (χ2n) is 3.46. The number of esters is 1. The number of hydrogen-bond donors (Lipinski definition) is 1. The Morgan fingerprint density at radius 2 is 2.41 bits per heavy atom. The molecule has 0 bridgehead atoms. The minimum Gasteiger partial charge on any atom is -0.460 e. The highest BCUT2D eigenvalue weighted by Crippen LogP contribution is 2.11. The van der Waals surface area contributed by atoms with Crippen LogP contribution in [0.3, 0.4) is 0 Å². The summed E-state index contributed by atoms with van der Waals surface area (Å²) in [4.78, 5) is 11.4. The predicted molar refractivity (Wildman–Crippen MR) is 60.4 cm³/mol. The fraction of sp³-hybridized carbons (Fsp3) is 0.273. The van der Waals surface area contributed by atoms with Crippen molar-refractivity contribution >= 4 is 11.7 Å². The van der Waals surface area contributed by atoms with Crippen LogP contribution in [0.5, 0.6) is 0 Å². The minimum atomic E-state index is -0.460. The Morgan fingerprint density at radius 3 is 3.06 bits per heavy atom. The molecule has 0 amide bonds. The summed E-state index contributed by atoms with van der Waals surface area (Å²) >= 11 is 0. The lowest BCUT2D eigenvalue weighted by atomic mass is 10.4. The van der Waals surface area contributed by atoms with Crippen LogP contribution in [0.25, 0.3) is 0 Å². The van der Waals surface area contributed by atoms with Crippen molar-refractivity contribution in [1.82, 2.24) is 9.78 Å². The number of nitrogens with zero attached hydrogens (tertiary/aromatic N) is 2. The number of rotatable bonds is 4. The minimum absolute atomic E-state index is 0.196. The topological polar surface area (TPSA) is 83.3 Å². The summed E-state index contributed by atoms with van der Waals surface area (Å²) in [7, 11) is 0. The van der Waals surface area contributed by atoms with E-state index in [-0.39, 0.29) is 5.76 Å². The van der Waals surface area contributed by atoms with E-state index in [1.54, 1.807) is 36.1 Å². The van der Waals surface area contributed by atoms with Crippen molar-refractivity contribution in [2.75, 3.05) is 12.3 Å². The first kappa shape index (κ1) is 11.3. The van der Waals surface area contributed by atoms with E-state index in [1.807, 2.05) is 0 Å². The number of aromatic nitrogens is 2. The Morgan fingerprint density at radius 1 is 1.59 bits per heavy atom. The van der Waals surface area contributed by atoms with Gasteiger partial charge in [0, 0.05) is 6.20 Å². The van der Waals surface area contributed by atoms with Crippen molar-refractivity contribution in [3.8, 4) is 0 Å². The fourth-order valence-electron chi connectivity index (χ4n) is 1.40. The molecule has 2 aromatic rings. The average Bonchev–Trinajstić information content (AvgIpc) is 2.89. The Kier molecular flexibility index (Phi) is 3.13. The first-order chi connectivity index (χ1) is 8.19. The number of furan rings is 1. The molecule has 17 heavy (non-hydrogen) atoms. The van der Waals surface area contributed by atoms with E-state index in [4.69, 9.17) is 14.9 Å². The third-order valence-electron chi connectivity index (χ3n) is 2.11. The average molecular weight is 235 g/mol. The Labute approximate surface area is 98.0 Å². The molecule has 0 aliphatic heterocycles. The summed E-state index contributed by atoms with van der Waals surface area (Å²) in [5, 5.41) is 4.02. The molecule has 0 radical (unpaired) electrons. The van der Waals surface area contributed by atoms with Crippen LogP contribution in [0.15, 0.2) is 28.9 Å². The van der Waals surface area contributed by atoms with Gasteiger partial charge in [-0.1, -0.05) is 0 Å². The number of carbonyl (C=O) groups is 1. The van der Waals surface area contributed by atoms with Gasteiger partial charge in [0.25, 0.3) is 0 Å². The summed E-state index contributed by atoms with van der Waals surface area (Å²) in [5.74, 6) is 0.358. The Balaban J connectivity index is 2.06. The summed E-state index contributed by atoms with van der Waals surface area (Å²) in [6.07, 6.45) is 3.24. The van der Waals surface area contributed by atoms with Crippen molar-refractivity contribution in [2.45, 2.75) is 13.5 Å². The maximum Gasteiger partial charge on any atom is 0.374 e. The van der Waals surface area contributed by atoms with E-state index in [0.717, 1.165) is 0 Å². The van der Waals surface area contributed by atoms with Crippen LogP contribution >= 0.6 is 0 Å². The van der Waals surface area contributed by atoms with Gasteiger partial charge in [-0.3, -0.25) is 4.68 Å². The third kappa shape index (κ3) is 2.66. The van der Waals surface area contributed by atoms with Crippen molar-refractivity contribution in [1.29, 1.82) is 0 Å². The van der Waals surface area contributed by atoms with E-state index in [0.29, 0.717) is 24.6 Å². The van der Waals surface area contributed by atoms with Gasteiger partial charge in [-0.05, 0) is 19.1 Å². The molecule has 2 N–H and O–H groups in total. The lowest BCUT2D eigenvalue weighted by molar-refractivity contribution is 0.0488. The Bertz CT molecular complexity index is 516. The van der Waals surface area contributed by atoms with Crippen molar-refractivity contribution in [3.05, 3.63) is 36.0 Å². The van der Waals surface area contributed by atoms with Crippen molar-refractivity contribution < 1.29 is 13.9 Å². The van der Waals surface area contributed by atoms with Crippen LogP contribution in [0.4, 0.5) is 5.69 Å². The molecule has 0 saturated heterocycles. The van der Waals surface area contributed by atoms with Gasteiger partial charge >= 0.3 is 5.97 Å². The molecule has 2 heterocycles. The summed E-state index contributed by atoms with van der Waals surface area (Å²) in [5.41, 5.74) is 6.12. The molecule has 0 aromatic carbocycles. The molecule has 0 unspecified atom stereocenters. The van der Waals surface area contributed by atoms with Gasteiger partial charge in [0.2, 0.25) is 5.76 Å². The maximum atomic E-state index is 11.4. The molecule has 2 aromatic heterocycles. The second kappa shape index (κ2) is 4.73. The molecule has 2 rings (SSSR count). The van der Waals surface area contributed by atoms with Crippen LogP contribution in [0.1, 0.15) is 23.2 Å². The van der Waals surface area contributed by atoms with E-state index in [1.165, 1.54) is 0 Å². The van der Waals surface area contributed by atoms with Gasteiger partial charge in [-0.25, -0.2) is 4.79 Å². The third-order valence-corrected chi connectivity index (χ3v) is 2.11.